The number of para-hydroxylation sites is 1. The van der Waals surface area contributed by atoms with Gasteiger partial charge in [0.25, 0.3) is 5.89 Å². The molecule has 0 bridgehead atoms. The van der Waals surface area contributed by atoms with Crippen molar-refractivity contribution in [3.8, 4) is 0 Å². The predicted octanol–water partition coefficient (Wildman–Crippen LogP) is 4.76. The van der Waals surface area contributed by atoms with Gasteiger partial charge in [0, 0.05) is 24.8 Å². The number of ether oxygens (including phenoxy) is 1. The topological polar surface area (TPSA) is 103 Å². The van der Waals surface area contributed by atoms with Crippen LogP contribution in [-0.2, 0) is 22.7 Å². The lowest BCUT2D eigenvalue weighted by atomic mass is 10.0. The van der Waals surface area contributed by atoms with Crippen molar-refractivity contribution in [2.24, 2.45) is 0 Å². The van der Waals surface area contributed by atoms with Crippen LogP contribution in [0.25, 0.3) is 10.9 Å². The first kappa shape index (κ1) is 24.8. The lowest BCUT2D eigenvalue weighted by Gasteiger charge is -2.33. The van der Waals surface area contributed by atoms with E-state index in [4.69, 9.17) is 9.26 Å². The molecule has 0 radical (unpaired) electrons. The number of carbonyl (C=O) groups excluding carboxylic acids is 2. The van der Waals surface area contributed by atoms with E-state index in [9.17, 15) is 14.0 Å². The van der Waals surface area contributed by atoms with Crippen molar-refractivity contribution in [1.29, 1.82) is 0 Å². The van der Waals surface area contributed by atoms with Crippen molar-refractivity contribution in [2.45, 2.75) is 58.3 Å². The first-order valence-corrected chi connectivity index (χ1v) is 12.4. The van der Waals surface area contributed by atoms with Gasteiger partial charge >= 0.3 is 0 Å². The molecule has 1 amide bonds. The fourth-order valence-corrected chi connectivity index (χ4v) is 4.67. The Bertz CT molecular complexity index is 1400. The van der Waals surface area contributed by atoms with Gasteiger partial charge < -0.3 is 14.2 Å². The molecule has 1 aliphatic heterocycles. The quantitative estimate of drug-likeness (QED) is 0.340. The number of amides is 1. The summed E-state index contributed by atoms with van der Waals surface area (Å²) in [5, 5.41) is 9.40. The van der Waals surface area contributed by atoms with E-state index in [1.165, 1.54) is 16.8 Å². The number of halogens is 1. The Morgan fingerprint density at radius 2 is 1.84 bits per heavy atom. The molecule has 10 heteroatoms. The van der Waals surface area contributed by atoms with E-state index < -0.39 is 0 Å². The second kappa shape index (κ2) is 11.0. The van der Waals surface area contributed by atoms with Gasteiger partial charge in [-0.05, 0) is 49.9 Å². The number of aromatic nitrogens is 4. The van der Waals surface area contributed by atoms with Crippen LogP contribution in [-0.4, -0.2) is 43.2 Å². The maximum Gasteiger partial charge on any atom is 0.252 e. The largest absolute Gasteiger partial charge is 0.367 e. The molecule has 1 atom stereocenters. The minimum atomic E-state index is -0.307. The Balaban J connectivity index is 1.19. The second-order valence-corrected chi connectivity index (χ2v) is 9.17. The van der Waals surface area contributed by atoms with Crippen LogP contribution < -0.4 is 0 Å². The number of likely N-dealkylation sites (tertiary alicyclic amines) is 1. The molecule has 0 saturated carbocycles. The molecule has 3 heterocycles. The molecule has 1 aliphatic rings. The number of hydrogen-bond acceptors (Lipinski definition) is 7. The van der Waals surface area contributed by atoms with Gasteiger partial charge in [-0.25, -0.2) is 4.39 Å². The third-order valence-electron chi connectivity index (χ3n) is 6.57. The third kappa shape index (κ3) is 5.59. The molecule has 4 aromatic rings. The van der Waals surface area contributed by atoms with Crippen molar-refractivity contribution in [2.75, 3.05) is 6.54 Å². The molecule has 9 nitrogen and oxygen atoms in total. The maximum absolute atomic E-state index is 13.2. The van der Waals surface area contributed by atoms with E-state index in [2.05, 4.69) is 15.2 Å². The van der Waals surface area contributed by atoms with Crippen molar-refractivity contribution in [3.05, 3.63) is 77.3 Å². The van der Waals surface area contributed by atoms with Crippen molar-refractivity contribution >= 4 is 22.7 Å². The standard InChI is InChI=1S/C27H28FN5O4/c1-18-21-6-2-3-7-22(21)33(30-18)26(35)14-13-25(34)32-15-5-4-8-23(32)27-29-24(37-31-27)17-36-16-19-9-11-20(28)12-10-19/h2-3,6-7,9-12,23H,4-5,8,13-17H2,1H3. The summed E-state index contributed by atoms with van der Waals surface area (Å²) in [7, 11) is 0. The molecule has 0 spiro atoms. The highest BCUT2D eigenvalue weighted by Gasteiger charge is 2.31. The van der Waals surface area contributed by atoms with Crippen molar-refractivity contribution in [1.82, 2.24) is 24.8 Å². The van der Waals surface area contributed by atoms with E-state index in [0.29, 0.717) is 18.3 Å². The predicted molar refractivity (Wildman–Crippen MR) is 132 cm³/mol. The number of aryl methyl sites for hydroxylation is 1. The Morgan fingerprint density at radius 3 is 2.68 bits per heavy atom. The van der Waals surface area contributed by atoms with Gasteiger partial charge in [-0.15, -0.1) is 0 Å². The number of carbonyl (C=O) groups is 2. The molecule has 192 valence electrons. The molecule has 2 aromatic heterocycles. The molecular weight excluding hydrogens is 477 g/mol. The maximum atomic E-state index is 13.2. The summed E-state index contributed by atoms with van der Waals surface area (Å²) in [6.07, 6.45) is 2.68. The average molecular weight is 506 g/mol. The number of nitrogens with zero attached hydrogens (tertiary/aromatic N) is 5. The Labute approximate surface area is 213 Å². The summed E-state index contributed by atoms with van der Waals surface area (Å²) in [5.41, 5.74) is 2.35. The number of piperidine rings is 1. The van der Waals surface area contributed by atoms with Crippen molar-refractivity contribution in [3.63, 3.8) is 0 Å². The normalized spacial score (nSPS) is 15.8. The lowest BCUT2D eigenvalue weighted by Crippen LogP contribution is -2.39. The molecule has 37 heavy (non-hydrogen) atoms. The zero-order valence-corrected chi connectivity index (χ0v) is 20.6. The molecular formula is C27H28FN5O4. The van der Waals surface area contributed by atoms with Gasteiger partial charge in [-0.1, -0.05) is 35.5 Å². The number of rotatable bonds is 8. The van der Waals surface area contributed by atoms with Crippen LogP contribution in [0.5, 0.6) is 0 Å². The fourth-order valence-electron chi connectivity index (χ4n) is 4.67. The third-order valence-corrected chi connectivity index (χ3v) is 6.57. The molecule has 1 fully saturated rings. The van der Waals surface area contributed by atoms with E-state index in [0.717, 1.165) is 41.4 Å². The van der Waals surface area contributed by atoms with Crippen LogP contribution >= 0.6 is 0 Å². The monoisotopic (exact) mass is 505 g/mol. The van der Waals surface area contributed by atoms with Crippen LogP contribution in [0.15, 0.2) is 53.1 Å². The molecule has 0 N–H and O–H groups in total. The highest BCUT2D eigenvalue weighted by molar-refractivity contribution is 5.93. The molecule has 0 aliphatic carbocycles. The smallest absolute Gasteiger partial charge is 0.252 e. The SMILES string of the molecule is Cc1nn(C(=O)CCC(=O)N2CCCCC2c2noc(COCc3ccc(F)cc3)n2)c2ccccc12. The van der Waals surface area contributed by atoms with Gasteiger partial charge in [0.1, 0.15) is 12.4 Å². The van der Waals surface area contributed by atoms with Gasteiger partial charge in [-0.3, -0.25) is 9.59 Å². The average Bonchev–Trinajstić information content (AvgIpc) is 3.53. The van der Waals surface area contributed by atoms with Crippen LogP contribution in [0.2, 0.25) is 0 Å². The summed E-state index contributed by atoms with van der Waals surface area (Å²) in [4.78, 5) is 32.2. The van der Waals surface area contributed by atoms with Crippen LogP contribution in [0, 0.1) is 12.7 Å². The van der Waals surface area contributed by atoms with E-state index in [1.54, 1.807) is 17.0 Å². The summed E-state index contributed by atoms with van der Waals surface area (Å²) < 4.78 is 25.4. The lowest BCUT2D eigenvalue weighted by molar-refractivity contribution is -0.135. The van der Waals surface area contributed by atoms with E-state index in [1.807, 2.05) is 31.2 Å². The minimum Gasteiger partial charge on any atom is -0.367 e. The summed E-state index contributed by atoms with van der Waals surface area (Å²) >= 11 is 0. The van der Waals surface area contributed by atoms with E-state index >= 15 is 0 Å². The van der Waals surface area contributed by atoms with Crippen LogP contribution in [0.1, 0.15) is 65.9 Å². The Kier molecular flexibility index (Phi) is 7.36. The number of benzene rings is 2. The summed E-state index contributed by atoms with van der Waals surface area (Å²) in [5.74, 6) is 0.113. The highest BCUT2D eigenvalue weighted by Crippen LogP contribution is 2.30. The molecule has 1 saturated heterocycles. The summed E-state index contributed by atoms with van der Waals surface area (Å²) in [6, 6.07) is 13.3. The zero-order chi connectivity index (χ0) is 25.8. The van der Waals surface area contributed by atoms with E-state index in [-0.39, 0.29) is 49.7 Å². The second-order valence-electron chi connectivity index (χ2n) is 9.17. The highest BCUT2D eigenvalue weighted by atomic mass is 19.1. The zero-order valence-electron chi connectivity index (χ0n) is 20.6. The number of fused-ring (bicyclic) bond motifs is 1. The van der Waals surface area contributed by atoms with Gasteiger partial charge in [-0.2, -0.15) is 14.8 Å². The minimum absolute atomic E-state index is 0.0574. The van der Waals surface area contributed by atoms with Gasteiger partial charge in [0.15, 0.2) is 5.82 Å². The first-order chi connectivity index (χ1) is 18.0. The Morgan fingerprint density at radius 1 is 1.05 bits per heavy atom. The number of hydrogen-bond donors (Lipinski definition) is 0. The van der Waals surface area contributed by atoms with Crippen LogP contribution in [0.3, 0.4) is 0 Å². The molecule has 1 unspecified atom stereocenters. The van der Waals surface area contributed by atoms with Gasteiger partial charge in [0.05, 0.1) is 23.9 Å². The first-order valence-electron chi connectivity index (χ1n) is 12.4. The van der Waals surface area contributed by atoms with Crippen LogP contribution in [0.4, 0.5) is 4.39 Å². The molecule has 5 rings (SSSR count). The Hall–Kier alpha value is -3.92. The fraction of sp³-hybridized carbons (Fsp3) is 0.370. The molecule has 2 aromatic carbocycles. The van der Waals surface area contributed by atoms with Gasteiger partial charge in [0.2, 0.25) is 11.8 Å². The van der Waals surface area contributed by atoms with Crippen molar-refractivity contribution < 1.29 is 23.2 Å². The summed E-state index contributed by atoms with van der Waals surface area (Å²) in [6.45, 7) is 2.83.